The van der Waals surface area contributed by atoms with Gasteiger partial charge in [-0.2, -0.15) is 0 Å². The first-order valence-corrected chi connectivity index (χ1v) is 11.3. The molecule has 0 saturated carbocycles. The minimum absolute atomic E-state index is 0.134. The van der Waals surface area contributed by atoms with Crippen molar-refractivity contribution in [3.63, 3.8) is 0 Å². The van der Waals surface area contributed by atoms with E-state index in [4.69, 9.17) is 4.74 Å². The molecule has 0 aromatic heterocycles. The molecule has 2 aliphatic heterocycles. The standard InChI is InChI=1S/C23H23N3O5S/c1-15-12-13-25(18-4-2-3-5-19(18)32-15)22(29)14-31-23(30)16-6-8-17(9-7-16)26-21(28)11-10-20(27)24-26/h2-9,15H,10-14H2,1H3,(H,24,27). The lowest BCUT2D eigenvalue weighted by Gasteiger charge is -2.27. The second-order valence-corrected chi connectivity index (χ2v) is 9.10. The van der Waals surface area contributed by atoms with Crippen LogP contribution in [-0.4, -0.2) is 42.1 Å². The summed E-state index contributed by atoms with van der Waals surface area (Å²) in [4.78, 5) is 51.5. The van der Waals surface area contributed by atoms with Gasteiger partial charge in [-0.15, -0.1) is 11.8 Å². The summed E-state index contributed by atoms with van der Waals surface area (Å²) < 4.78 is 5.26. The zero-order valence-corrected chi connectivity index (χ0v) is 18.4. The van der Waals surface area contributed by atoms with E-state index in [1.54, 1.807) is 28.8 Å². The maximum atomic E-state index is 12.8. The number of amides is 3. The van der Waals surface area contributed by atoms with Crippen molar-refractivity contribution in [2.24, 2.45) is 0 Å². The smallest absolute Gasteiger partial charge is 0.338 e. The molecule has 166 valence electrons. The zero-order valence-electron chi connectivity index (χ0n) is 17.6. The van der Waals surface area contributed by atoms with Crippen LogP contribution in [-0.2, 0) is 19.1 Å². The summed E-state index contributed by atoms with van der Waals surface area (Å²) in [6.07, 6.45) is 1.13. The van der Waals surface area contributed by atoms with Gasteiger partial charge in [-0.05, 0) is 42.8 Å². The van der Waals surface area contributed by atoms with Crippen molar-refractivity contribution >= 4 is 46.8 Å². The van der Waals surface area contributed by atoms with Gasteiger partial charge in [-0.1, -0.05) is 19.1 Å². The quantitative estimate of drug-likeness (QED) is 0.715. The van der Waals surface area contributed by atoms with Crippen molar-refractivity contribution in [2.45, 2.75) is 36.3 Å². The zero-order chi connectivity index (χ0) is 22.7. The van der Waals surface area contributed by atoms with Gasteiger partial charge in [0.05, 0.1) is 16.9 Å². The third-order valence-electron chi connectivity index (χ3n) is 5.28. The summed E-state index contributed by atoms with van der Waals surface area (Å²) in [5.41, 5.74) is 4.03. The van der Waals surface area contributed by atoms with Crippen molar-refractivity contribution in [3.8, 4) is 0 Å². The molecule has 2 aliphatic rings. The number of carbonyl (C=O) groups excluding carboxylic acids is 4. The maximum Gasteiger partial charge on any atom is 0.338 e. The number of hydrogen-bond donors (Lipinski definition) is 1. The highest BCUT2D eigenvalue weighted by Crippen LogP contribution is 2.37. The Morgan fingerprint density at radius 1 is 1.09 bits per heavy atom. The van der Waals surface area contributed by atoms with Crippen LogP contribution in [0, 0.1) is 0 Å². The monoisotopic (exact) mass is 453 g/mol. The van der Waals surface area contributed by atoms with E-state index >= 15 is 0 Å². The Hall–Kier alpha value is -3.33. The lowest BCUT2D eigenvalue weighted by Crippen LogP contribution is -2.50. The third-order valence-corrected chi connectivity index (χ3v) is 6.52. The van der Waals surface area contributed by atoms with Crippen molar-refractivity contribution in [1.82, 2.24) is 5.43 Å². The molecule has 9 heteroatoms. The third kappa shape index (κ3) is 4.77. The molecule has 1 N–H and O–H groups in total. The number of benzene rings is 2. The highest BCUT2D eigenvalue weighted by molar-refractivity contribution is 8.00. The summed E-state index contributed by atoms with van der Waals surface area (Å²) in [5.74, 6) is -1.38. The first kappa shape index (κ1) is 21.9. The van der Waals surface area contributed by atoms with E-state index in [2.05, 4.69) is 12.3 Å². The number of rotatable bonds is 4. The fourth-order valence-electron chi connectivity index (χ4n) is 3.56. The van der Waals surface area contributed by atoms with Gasteiger partial charge in [-0.25, -0.2) is 9.80 Å². The number of carbonyl (C=O) groups is 4. The number of nitrogens with zero attached hydrogens (tertiary/aromatic N) is 2. The molecule has 1 atom stereocenters. The first-order chi connectivity index (χ1) is 15.4. The van der Waals surface area contributed by atoms with E-state index in [-0.39, 0.29) is 42.7 Å². The Bertz CT molecular complexity index is 1060. The van der Waals surface area contributed by atoms with Crippen LogP contribution in [0.1, 0.15) is 36.5 Å². The molecular formula is C23H23N3O5S. The van der Waals surface area contributed by atoms with Crippen LogP contribution < -0.4 is 15.3 Å². The molecule has 32 heavy (non-hydrogen) atoms. The number of hydrazine groups is 1. The van der Waals surface area contributed by atoms with Crippen LogP contribution in [0.15, 0.2) is 53.4 Å². The molecule has 0 radical (unpaired) electrons. The van der Waals surface area contributed by atoms with E-state index < -0.39 is 5.97 Å². The van der Waals surface area contributed by atoms with Gasteiger partial charge in [0.2, 0.25) is 11.8 Å². The number of fused-ring (bicyclic) bond motifs is 1. The molecule has 1 fully saturated rings. The predicted octanol–water partition coefficient (Wildman–Crippen LogP) is 2.92. The topological polar surface area (TPSA) is 96.0 Å². The molecule has 4 rings (SSSR count). The Morgan fingerprint density at radius 2 is 1.84 bits per heavy atom. The van der Waals surface area contributed by atoms with Gasteiger partial charge in [0, 0.05) is 29.5 Å². The fraction of sp³-hybridized carbons (Fsp3) is 0.304. The lowest BCUT2D eigenvalue weighted by atomic mass is 10.2. The van der Waals surface area contributed by atoms with E-state index in [9.17, 15) is 19.2 Å². The largest absolute Gasteiger partial charge is 0.452 e. The van der Waals surface area contributed by atoms with Crippen molar-refractivity contribution in [1.29, 1.82) is 0 Å². The maximum absolute atomic E-state index is 12.8. The molecule has 2 heterocycles. The summed E-state index contributed by atoms with van der Waals surface area (Å²) in [5, 5.41) is 1.55. The van der Waals surface area contributed by atoms with E-state index in [1.807, 2.05) is 24.3 Å². The molecule has 0 aliphatic carbocycles. The summed E-state index contributed by atoms with van der Waals surface area (Å²) in [7, 11) is 0. The summed E-state index contributed by atoms with van der Waals surface area (Å²) >= 11 is 1.73. The van der Waals surface area contributed by atoms with E-state index in [0.29, 0.717) is 17.5 Å². The van der Waals surface area contributed by atoms with Crippen molar-refractivity contribution in [3.05, 3.63) is 54.1 Å². The SMILES string of the molecule is CC1CCN(C(=O)COC(=O)c2ccc(N3NC(=O)CCC3=O)cc2)c2ccccc2S1. The average molecular weight is 454 g/mol. The molecule has 1 saturated heterocycles. The highest BCUT2D eigenvalue weighted by Gasteiger charge is 2.26. The number of para-hydroxylation sites is 1. The summed E-state index contributed by atoms with van der Waals surface area (Å²) in [6, 6.07) is 13.8. The molecule has 1 unspecified atom stereocenters. The van der Waals surface area contributed by atoms with Gasteiger partial charge in [0.15, 0.2) is 6.61 Å². The number of esters is 1. The van der Waals surface area contributed by atoms with Crippen LogP contribution in [0.25, 0.3) is 0 Å². The second kappa shape index (κ2) is 9.44. The molecule has 0 spiro atoms. The van der Waals surface area contributed by atoms with Crippen LogP contribution in [0.3, 0.4) is 0 Å². The Balaban J connectivity index is 1.39. The average Bonchev–Trinajstić information content (AvgIpc) is 2.97. The van der Waals surface area contributed by atoms with Crippen LogP contribution >= 0.6 is 11.8 Å². The van der Waals surface area contributed by atoms with Crippen LogP contribution in [0.4, 0.5) is 11.4 Å². The molecule has 2 aromatic rings. The van der Waals surface area contributed by atoms with Gasteiger partial charge in [-0.3, -0.25) is 19.8 Å². The summed E-state index contributed by atoms with van der Waals surface area (Å²) in [6.45, 7) is 2.32. The number of anilines is 2. The normalized spacial score (nSPS) is 18.5. The molecule has 2 aromatic carbocycles. The second-order valence-electron chi connectivity index (χ2n) is 7.62. The Kier molecular flexibility index (Phi) is 6.45. The lowest BCUT2D eigenvalue weighted by molar-refractivity contribution is -0.130. The molecule has 0 bridgehead atoms. The molecule has 8 nitrogen and oxygen atoms in total. The van der Waals surface area contributed by atoms with Crippen molar-refractivity contribution in [2.75, 3.05) is 23.1 Å². The number of ether oxygens (including phenoxy) is 1. The molecule has 3 amide bonds. The molecular weight excluding hydrogens is 430 g/mol. The fourth-order valence-corrected chi connectivity index (χ4v) is 4.68. The number of hydrogen-bond acceptors (Lipinski definition) is 6. The minimum atomic E-state index is -0.634. The first-order valence-electron chi connectivity index (χ1n) is 10.4. The van der Waals surface area contributed by atoms with Gasteiger partial charge in [0.25, 0.3) is 5.91 Å². The van der Waals surface area contributed by atoms with Crippen molar-refractivity contribution < 1.29 is 23.9 Å². The Morgan fingerprint density at radius 3 is 2.62 bits per heavy atom. The predicted molar refractivity (Wildman–Crippen MR) is 120 cm³/mol. The van der Waals surface area contributed by atoms with Crippen LogP contribution in [0.5, 0.6) is 0 Å². The highest BCUT2D eigenvalue weighted by atomic mass is 32.2. The van der Waals surface area contributed by atoms with Gasteiger partial charge in [0.1, 0.15) is 0 Å². The minimum Gasteiger partial charge on any atom is -0.452 e. The van der Waals surface area contributed by atoms with Crippen LogP contribution in [0.2, 0.25) is 0 Å². The van der Waals surface area contributed by atoms with E-state index in [1.165, 1.54) is 17.1 Å². The number of nitrogens with one attached hydrogen (secondary N) is 1. The number of thioether (sulfide) groups is 1. The van der Waals surface area contributed by atoms with Gasteiger partial charge >= 0.3 is 5.97 Å². The van der Waals surface area contributed by atoms with Gasteiger partial charge < -0.3 is 9.64 Å². The Labute approximate surface area is 189 Å². The van der Waals surface area contributed by atoms with E-state index in [0.717, 1.165) is 17.0 Å².